The van der Waals surface area contributed by atoms with Crippen LogP contribution in [0.3, 0.4) is 0 Å². The van der Waals surface area contributed by atoms with Gasteiger partial charge in [0, 0.05) is 29.1 Å². The van der Waals surface area contributed by atoms with Crippen molar-refractivity contribution >= 4 is 39.5 Å². The third-order valence-corrected chi connectivity index (χ3v) is 7.49. The largest absolute Gasteiger partial charge is 0.478 e. The summed E-state index contributed by atoms with van der Waals surface area (Å²) >= 11 is 3.53. The van der Waals surface area contributed by atoms with Crippen LogP contribution in [0.1, 0.15) is 21.9 Å². The number of nitrogens with one attached hydrogen (secondary N) is 1. The molecule has 2 N–H and O–H groups in total. The summed E-state index contributed by atoms with van der Waals surface area (Å²) in [6.45, 7) is 3.20. The maximum absolute atomic E-state index is 12.4. The molecule has 0 radical (unpaired) electrons. The highest BCUT2D eigenvalue weighted by atomic mass is 32.2. The number of aromatic carboxylic acids is 1. The van der Waals surface area contributed by atoms with E-state index in [0.717, 1.165) is 17.3 Å². The third kappa shape index (κ3) is 3.77. The number of carbonyl (C=O) groups is 1. The Balaban J connectivity index is 2.21. The number of carboxylic acids is 1. The molecule has 0 bridgehead atoms. The molecule has 1 aromatic rings. The second-order valence-electron chi connectivity index (χ2n) is 4.64. The standard InChI is InChI=1S/C12H17NO5S3/c1-7-10(12(14)15)11(8(2)18-7)21(16,17)13-5-9-6-19-3-4-20-9/h9,13H,3-6H2,1-2H3,(H,14,15). The number of furan rings is 1. The monoisotopic (exact) mass is 351 g/mol. The van der Waals surface area contributed by atoms with Gasteiger partial charge in [0.1, 0.15) is 22.0 Å². The second kappa shape index (κ2) is 6.64. The quantitative estimate of drug-likeness (QED) is 0.833. The fraction of sp³-hybridized carbons (Fsp3) is 0.583. The minimum atomic E-state index is -3.89. The lowest BCUT2D eigenvalue weighted by molar-refractivity contribution is 0.0691. The van der Waals surface area contributed by atoms with E-state index in [4.69, 9.17) is 4.42 Å². The Hall–Kier alpha value is -0.640. The van der Waals surface area contributed by atoms with E-state index in [2.05, 4.69) is 4.72 Å². The van der Waals surface area contributed by atoms with Crippen molar-refractivity contribution in [2.45, 2.75) is 24.0 Å². The molecule has 1 atom stereocenters. The van der Waals surface area contributed by atoms with Gasteiger partial charge in [0.25, 0.3) is 0 Å². The van der Waals surface area contributed by atoms with Crippen LogP contribution in [0.5, 0.6) is 0 Å². The molecule has 9 heteroatoms. The molecular formula is C12H17NO5S3. The Morgan fingerprint density at radius 3 is 2.67 bits per heavy atom. The van der Waals surface area contributed by atoms with Crippen molar-refractivity contribution < 1.29 is 22.7 Å². The van der Waals surface area contributed by atoms with Gasteiger partial charge in [0.2, 0.25) is 10.0 Å². The second-order valence-corrected chi connectivity index (χ2v) is 8.91. The molecule has 21 heavy (non-hydrogen) atoms. The average Bonchev–Trinajstić information content (AvgIpc) is 2.73. The van der Waals surface area contributed by atoms with Crippen molar-refractivity contribution in [2.24, 2.45) is 0 Å². The Bertz CT molecular complexity index is 632. The lowest BCUT2D eigenvalue weighted by Gasteiger charge is -2.21. The van der Waals surface area contributed by atoms with Crippen molar-refractivity contribution in [3.05, 3.63) is 17.1 Å². The predicted octanol–water partition coefficient (Wildman–Crippen LogP) is 1.72. The van der Waals surface area contributed by atoms with Gasteiger partial charge in [-0.05, 0) is 13.8 Å². The zero-order chi connectivity index (χ0) is 15.6. The average molecular weight is 351 g/mol. The highest BCUT2D eigenvalue weighted by molar-refractivity contribution is 8.06. The topological polar surface area (TPSA) is 96.6 Å². The van der Waals surface area contributed by atoms with Gasteiger partial charge in [0.15, 0.2) is 0 Å². The van der Waals surface area contributed by atoms with Crippen molar-refractivity contribution in [1.29, 1.82) is 0 Å². The molecule has 1 saturated heterocycles. The van der Waals surface area contributed by atoms with E-state index in [0.29, 0.717) is 6.54 Å². The minimum absolute atomic E-state index is 0.1000. The van der Waals surface area contributed by atoms with Crippen LogP contribution in [-0.2, 0) is 10.0 Å². The Kier molecular flexibility index (Phi) is 5.29. The number of thioether (sulfide) groups is 2. The summed E-state index contributed by atoms with van der Waals surface area (Å²) in [7, 11) is -3.89. The van der Waals surface area contributed by atoms with Crippen molar-refractivity contribution in [1.82, 2.24) is 4.72 Å². The summed E-state index contributed by atoms with van der Waals surface area (Å²) in [6.07, 6.45) is 0. The van der Waals surface area contributed by atoms with Gasteiger partial charge in [-0.1, -0.05) is 0 Å². The molecule has 6 nitrogen and oxygen atoms in total. The van der Waals surface area contributed by atoms with E-state index >= 15 is 0 Å². The first-order chi connectivity index (χ1) is 9.83. The van der Waals surface area contributed by atoms with Crippen LogP contribution >= 0.6 is 23.5 Å². The van der Waals surface area contributed by atoms with Gasteiger partial charge < -0.3 is 9.52 Å². The number of carboxylic acid groups (broad SMARTS) is 1. The van der Waals surface area contributed by atoms with E-state index < -0.39 is 16.0 Å². The van der Waals surface area contributed by atoms with Crippen LogP contribution in [0.25, 0.3) is 0 Å². The van der Waals surface area contributed by atoms with Gasteiger partial charge in [-0.2, -0.15) is 23.5 Å². The van der Waals surface area contributed by atoms with Gasteiger partial charge in [-0.25, -0.2) is 17.9 Å². The van der Waals surface area contributed by atoms with Gasteiger partial charge >= 0.3 is 5.97 Å². The summed E-state index contributed by atoms with van der Waals surface area (Å²) in [5.41, 5.74) is -0.286. The fourth-order valence-electron chi connectivity index (χ4n) is 2.16. The van der Waals surface area contributed by atoms with Gasteiger partial charge in [0.05, 0.1) is 0 Å². The van der Waals surface area contributed by atoms with Crippen molar-refractivity contribution in [3.63, 3.8) is 0 Å². The summed E-state index contributed by atoms with van der Waals surface area (Å²) in [6, 6.07) is 0. The molecule has 2 rings (SSSR count). The first-order valence-corrected chi connectivity index (χ1v) is 10.0. The normalized spacial score (nSPS) is 19.6. The first-order valence-electron chi connectivity index (χ1n) is 6.35. The van der Waals surface area contributed by atoms with Crippen LogP contribution in [0, 0.1) is 13.8 Å². The number of aryl methyl sites for hydroxylation is 2. The maximum atomic E-state index is 12.4. The Labute approximate surface area is 132 Å². The molecule has 0 aliphatic carbocycles. The lowest BCUT2D eigenvalue weighted by Crippen LogP contribution is -2.34. The molecular weight excluding hydrogens is 334 g/mol. The first kappa shape index (κ1) is 16.7. The minimum Gasteiger partial charge on any atom is -0.478 e. The number of rotatable bonds is 5. The molecule has 1 fully saturated rings. The van der Waals surface area contributed by atoms with Crippen LogP contribution in [0.2, 0.25) is 0 Å². The van der Waals surface area contributed by atoms with Gasteiger partial charge in [-0.15, -0.1) is 0 Å². The zero-order valence-electron chi connectivity index (χ0n) is 11.7. The van der Waals surface area contributed by atoms with E-state index in [1.807, 2.05) is 0 Å². The molecule has 1 aromatic heterocycles. The smallest absolute Gasteiger partial charge is 0.340 e. The number of sulfonamides is 1. The molecule has 0 saturated carbocycles. The zero-order valence-corrected chi connectivity index (χ0v) is 14.2. The fourth-order valence-corrected chi connectivity index (χ4v) is 6.37. The molecule has 1 unspecified atom stereocenters. The van der Waals surface area contributed by atoms with E-state index in [1.54, 1.807) is 23.5 Å². The molecule has 0 spiro atoms. The van der Waals surface area contributed by atoms with Crippen molar-refractivity contribution in [2.75, 3.05) is 23.8 Å². The SMILES string of the molecule is Cc1oc(C)c(S(=O)(=O)NCC2CSCCS2)c1C(=O)O. The van der Waals surface area contributed by atoms with Crippen LogP contribution in [0.15, 0.2) is 9.31 Å². The van der Waals surface area contributed by atoms with Crippen LogP contribution in [-0.4, -0.2) is 48.5 Å². The van der Waals surface area contributed by atoms with E-state index in [9.17, 15) is 18.3 Å². The highest BCUT2D eigenvalue weighted by Crippen LogP contribution is 2.27. The maximum Gasteiger partial charge on any atom is 0.340 e. The highest BCUT2D eigenvalue weighted by Gasteiger charge is 2.31. The molecule has 0 aromatic carbocycles. The summed E-state index contributed by atoms with van der Waals surface area (Å²) < 4.78 is 32.5. The number of hydrogen-bond donors (Lipinski definition) is 2. The molecule has 0 amide bonds. The Morgan fingerprint density at radius 2 is 2.10 bits per heavy atom. The molecule has 1 aliphatic heterocycles. The summed E-state index contributed by atoms with van der Waals surface area (Å²) in [5.74, 6) is 1.87. The molecule has 2 heterocycles. The lowest BCUT2D eigenvalue weighted by atomic mass is 10.2. The summed E-state index contributed by atoms with van der Waals surface area (Å²) in [5, 5.41) is 9.39. The number of hydrogen-bond acceptors (Lipinski definition) is 6. The molecule has 118 valence electrons. The molecule has 1 aliphatic rings. The van der Waals surface area contributed by atoms with E-state index in [1.165, 1.54) is 13.8 Å². The summed E-state index contributed by atoms with van der Waals surface area (Å²) in [4.78, 5) is 11.0. The van der Waals surface area contributed by atoms with E-state index in [-0.39, 0.29) is 27.2 Å². The van der Waals surface area contributed by atoms with Crippen molar-refractivity contribution in [3.8, 4) is 0 Å². The predicted molar refractivity (Wildman–Crippen MR) is 83.9 cm³/mol. The van der Waals surface area contributed by atoms with Gasteiger partial charge in [-0.3, -0.25) is 0 Å². The van der Waals surface area contributed by atoms with Crippen LogP contribution < -0.4 is 4.72 Å². The Morgan fingerprint density at radius 1 is 1.38 bits per heavy atom. The van der Waals surface area contributed by atoms with Crippen LogP contribution in [0.4, 0.5) is 0 Å². The third-order valence-electron chi connectivity index (χ3n) is 3.07.